The van der Waals surface area contributed by atoms with Gasteiger partial charge in [-0.1, -0.05) is 129 Å². The molecule has 3 atom stereocenters. The predicted octanol–water partition coefficient (Wildman–Crippen LogP) is 11.8. The third-order valence-electron chi connectivity index (χ3n) is 9.79. The summed E-state index contributed by atoms with van der Waals surface area (Å²) >= 11 is 0. The van der Waals surface area contributed by atoms with E-state index in [1.165, 1.54) is 61.3 Å². The minimum Gasteiger partial charge on any atom is -0.314 e. The van der Waals surface area contributed by atoms with Crippen LogP contribution in [0.2, 0.25) is 0 Å². The van der Waals surface area contributed by atoms with Gasteiger partial charge < -0.3 is 9.47 Å². The highest BCUT2D eigenvalue weighted by Crippen LogP contribution is 2.41. The number of hydrogen-bond donors (Lipinski definition) is 0. The van der Waals surface area contributed by atoms with Crippen molar-refractivity contribution in [1.29, 1.82) is 0 Å². The second-order valence-corrected chi connectivity index (χ2v) is 12.7. The van der Waals surface area contributed by atoms with Crippen LogP contribution in [0.3, 0.4) is 0 Å². The maximum Gasteiger partial charge on any atom is 0.0541 e. The second-order valence-electron chi connectivity index (χ2n) is 12.7. The molecule has 0 radical (unpaired) electrons. The fraction of sp³-hybridized carbons (Fsp3) is 0.136. The average Bonchev–Trinajstić information content (AvgIpc) is 3.45. The Kier molecular flexibility index (Phi) is 7.27. The van der Waals surface area contributed by atoms with Crippen molar-refractivity contribution in [2.24, 2.45) is 17.8 Å². The lowest BCUT2D eigenvalue weighted by Gasteiger charge is -2.35. The standard InChI is InChI=1S/C44H38N2/c1-31-12-6-7-15-39(31)35-24-29-42(32(2)30-35)45(36-13-4-3-5-14-36)37-25-20-33(21-26-37)34-22-27-38(28-23-34)46-43-18-10-8-16-40(43)41-17-9-11-19-44(41)46/h3-29,31-32,39H,30H2,1-2H3. The molecule has 46 heavy (non-hydrogen) atoms. The number of nitrogens with zero attached hydrogens (tertiary/aromatic N) is 2. The lowest BCUT2D eigenvalue weighted by molar-refractivity contribution is 0.519. The molecule has 1 heterocycles. The van der Waals surface area contributed by atoms with Crippen LogP contribution in [0, 0.1) is 17.8 Å². The number of hydrogen-bond acceptors (Lipinski definition) is 1. The zero-order valence-corrected chi connectivity index (χ0v) is 26.4. The molecule has 0 saturated carbocycles. The van der Waals surface area contributed by atoms with Crippen LogP contribution in [0.1, 0.15) is 20.3 Å². The number of fused-ring (bicyclic) bond motifs is 3. The van der Waals surface area contributed by atoms with Crippen molar-refractivity contribution in [3.63, 3.8) is 0 Å². The van der Waals surface area contributed by atoms with Gasteiger partial charge in [-0.05, 0) is 78.1 Å². The normalized spacial score (nSPS) is 19.3. The fourth-order valence-electron chi connectivity index (χ4n) is 7.44. The third kappa shape index (κ3) is 5.01. The lowest BCUT2D eigenvalue weighted by Crippen LogP contribution is -2.25. The van der Waals surface area contributed by atoms with E-state index in [9.17, 15) is 0 Å². The third-order valence-corrected chi connectivity index (χ3v) is 9.79. The zero-order valence-electron chi connectivity index (χ0n) is 26.4. The molecule has 0 aliphatic heterocycles. The Hall–Kier alpha value is -5.34. The van der Waals surface area contributed by atoms with E-state index in [1.54, 1.807) is 0 Å². The molecular weight excluding hydrogens is 556 g/mol. The summed E-state index contributed by atoms with van der Waals surface area (Å²) < 4.78 is 2.37. The molecule has 3 unspecified atom stereocenters. The van der Waals surface area contributed by atoms with Crippen LogP contribution in [0.15, 0.2) is 175 Å². The first-order valence-electron chi connectivity index (χ1n) is 16.5. The van der Waals surface area contributed by atoms with E-state index >= 15 is 0 Å². The van der Waals surface area contributed by atoms with Crippen molar-refractivity contribution >= 4 is 33.2 Å². The molecule has 224 valence electrons. The largest absolute Gasteiger partial charge is 0.314 e. The van der Waals surface area contributed by atoms with Crippen molar-refractivity contribution in [3.05, 3.63) is 175 Å². The Balaban J connectivity index is 1.11. The summed E-state index contributed by atoms with van der Waals surface area (Å²) in [5, 5.41) is 2.57. The molecule has 6 aromatic rings. The van der Waals surface area contributed by atoms with Crippen LogP contribution in [0.4, 0.5) is 11.4 Å². The summed E-state index contributed by atoms with van der Waals surface area (Å²) in [6.07, 6.45) is 14.9. The minimum atomic E-state index is 0.403. The highest BCUT2D eigenvalue weighted by molar-refractivity contribution is 6.09. The Labute approximate surface area is 271 Å². The topological polar surface area (TPSA) is 8.17 Å². The minimum absolute atomic E-state index is 0.403. The molecule has 0 bridgehead atoms. The molecule has 0 amide bonds. The van der Waals surface area contributed by atoms with Crippen molar-refractivity contribution in [2.75, 3.05) is 4.90 Å². The Bertz CT molecular complexity index is 2090. The van der Waals surface area contributed by atoms with E-state index in [0.29, 0.717) is 17.8 Å². The average molecular weight is 595 g/mol. The molecule has 2 heteroatoms. The Morgan fingerprint density at radius 3 is 1.76 bits per heavy atom. The Morgan fingerprint density at radius 1 is 0.565 bits per heavy atom. The van der Waals surface area contributed by atoms with E-state index in [4.69, 9.17) is 0 Å². The number of allylic oxidation sites excluding steroid dienone is 8. The highest BCUT2D eigenvalue weighted by Gasteiger charge is 2.27. The predicted molar refractivity (Wildman–Crippen MR) is 196 cm³/mol. The van der Waals surface area contributed by atoms with Crippen molar-refractivity contribution < 1.29 is 0 Å². The van der Waals surface area contributed by atoms with E-state index < -0.39 is 0 Å². The zero-order chi connectivity index (χ0) is 31.0. The number of anilines is 2. The SMILES string of the molecule is CC1CC(C2C=CC=CC2C)=CC=C1N(c1ccccc1)c1ccc(-c2ccc(-n3c4ccccc4c4ccccc43)cc2)cc1. The van der Waals surface area contributed by atoms with Gasteiger partial charge in [0.05, 0.1) is 11.0 Å². The van der Waals surface area contributed by atoms with Gasteiger partial charge in [-0.25, -0.2) is 0 Å². The van der Waals surface area contributed by atoms with Crippen molar-refractivity contribution in [2.45, 2.75) is 20.3 Å². The molecule has 0 fully saturated rings. The number of aromatic nitrogens is 1. The lowest BCUT2D eigenvalue weighted by atomic mass is 9.77. The summed E-state index contributed by atoms with van der Waals surface area (Å²) in [5.41, 5.74) is 11.3. The van der Waals surface area contributed by atoms with Crippen LogP contribution in [-0.2, 0) is 0 Å². The smallest absolute Gasteiger partial charge is 0.0541 e. The van der Waals surface area contributed by atoms with Crippen LogP contribution < -0.4 is 4.90 Å². The summed E-state index contributed by atoms with van der Waals surface area (Å²) in [7, 11) is 0. The van der Waals surface area contributed by atoms with Crippen LogP contribution in [0.5, 0.6) is 0 Å². The quantitative estimate of drug-likeness (QED) is 0.186. The van der Waals surface area contributed by atoms with Gasteiger partial charge in [0.1, 0.15) is 0 Å². The van der Waals surface area contributed by atoms with Crippen molar-refractivity contribution in [3.8, 4) is 16.8 Å². The molecule has 1 aromatic heterocycles. The number of rotatable bonds is 6. The molecule has 0 N–H and O–H groups in total. The number of benzene rings is 5. The van der Waals surface area contributed by atoms with Crippen LogP contribution in [0.25, 0.3) is 38.6 Å². The molecule has 0 spiro atoms. The van der Waals surface area contributed by atoms with E-state index in [1.807, 2.05) is 0 Å². The van der Waals surface area contributed by atoms with Crippen LogP contribution in [-0.4, -0.2) is 4.57 Å². The van der Waals surface area contributed by atoms with Gasteiger partial charge in [0, 0.05) is 45.4 Å². The number of para-hydroxylation sites is 3. The van der Waals surface area contributed by atoms with Gasteiger partial charge in [-0.3, -0.25) is 0 Å². The summed E-state index contributed by atoms with van der Waals surface area (Å²) in [5.74, 6) is 1.42. The van der Waals surface area contributed by atoms with Crippen LogP contribution >= 0.6 is 0 Å². The molecule has 2 aliphatic carbocycles. The molecule has 0 saturated heterocycles. The maximum atomic E-state index is 2.44. The van der Waals surface area contributed by atoms with E-state index in [0.717, 1.165) is 6.42 Å². The molecular formula is C44H38N2. The maximum absolute atomic E-state index is 2.44. The van der Waals surface area contributed by atoms with Crippen molar-refractivity contribution in [1.82, 2.24) is 4.57 Å². The van der Waals surface area contributed by atoms with Gasteiger partial charge in [0.15, 0.2) is 0 Å². The first-order valence-corrected chi connectivity index (χ1v) is 16.5. The molecule has 2 aliphatic rings. The van der Waals surface area contributed by atoms with Gasteiger partial charge in [0.2, 0.25) is 0 Å². The van der Waals surface area contributed by atoms with Gasteiger partial charge in [-0.2, -0.15) is 0 Å². The summed E-state index contributed by atoms with van der Waals surface area (Å²) in [6.45, 7) is 4.69. The summed E-state index contributed by atoms with van der Waals surface area (Å²) in [4.78, 5) is 2.44. The molecule has 5 aromatic carbocycles. The highest BCUT2D eigenvalue weighted by atomic mass is 15.2. The molecule has 2 nitrogen and oxygen atoms in total. The summed E-state index contributed by atoms with van der Waals surface area (Å²) in [6, 6.07) is 46.2. The van der Waals surface area contributed by atoms with E-state index in [2.05, 4.69) is 187 Å². The fourth-order valence-corrected chi connectivity index (χ4v) is 7.44. The van der Waals surface area contributed by atoms with Gasteiger partial charge in [-0.15, -0.1) is 0 Å². The van der Waals surface area contributed by atoms with Gasteiger partial charge in [0.25, 0.3) is 0 Å². The van der Waals surface area contributed by atoms with Gasteiger partial charge >= 0.3 is 0 Å². The monoisotopic (exact) mass is 594 g/mol. The van der Waals surface area contributed by atoms with E-state index in [-0.39, 0.29) is 0 Å². The molecule has 8 rings (SSSR count). The first kappa shape index (κ1) is 28.2. The Morgan fingerprint density at radius 2 is 1.13 bits per heavy atom. The second kappa shape index (κ2) is 11.9. The first-order chi connectivity index (χ1) is 22.7.